The molecule has 2 aromatic rings. The van der Waals surface area contributed by atoms with Gasteiger partial charge in [0.25, 0.3) is 0 Å². The van der Waals surface area contributed by atoms with E-state index in [0.29, 0.717) is 16.8 Å². The molecule has 2 heterocycles. The first-order valence-electron chi connectivity index (χ1n) is 6.34. The number of hydrogen-bond donors (Lipinski definition) is 0. The highest BCUT2D eigenvalue weighted by molar-refractivity contribution is 5.85. The van der Waals surface area contributed by atoms with Crippen LogP contribution in [0.1, 0.15) is 43.1 Å². The number of pyridine rings is 1. The Labute approximate surface area is 111 Å². The maximum atomic E-state index is 13.2. The summed E-state index contributed by atoms with van der Waals surface area (Å²) in [6.07, 6.45) is 6.95. The third kappa shape index (κ3) is 2.70. The van der Waals surface area contributed by atoms with E-state index in [4.69, 9.17) is 0 Å². The largest absolute Gasteiger partial charge is 0.298 e. The number of aldehydes is 1. The second kappa shape index (κ2) is 5.73. The van der Waals surface area contributed by atoms with Gasteiger partial charge in [0.1, 0.15) is 11.5 Å². The summed E-state index contributed by atoms with van der Waals surface area (Å²) in [5.74, 6) is -0.438. The van der Waals surface area contributed by atoms with Crippen molar-refractivity contribution < 1.29 is 9.18 Å². The fourth-order valence-corrected chi connectivity index (χ4v) is 2.11. The highest BCUT2D eigenvalue weighted by atomic mass is 19.1. The highest BCUT2D eigenvalue weighted by Gasteiger charge is 2.15. The molecule has 0 aromatic carbocycles. The number of carbonyl (C=O) groups excluding carboxylic acids is 1. The molecule has 2 rings (SSSR count). The Morgan fingerprint density at radius 2 is 2.11 bits per heavy atom. The van der Waals surface area contributed by atoms with Gasteiger partial charge in [-0.05, 0) is 18.9 Å². The van der Waals surface area contributed by atoms with Gasteiger partial charge in [0.15, 0.2) is 6.29 Å². The average Bonchev–Trinajstić information content (AvgIpc) is 2.84. The third-order valence-electron chi connectivity index (χ3n) is 3.18. The minimum absolute atomic E-state index is 0.244. The monoisotopic (exact) mass is 261 g/mol. The number of halogens is 1. The molecule has 0 amide bonds. The number of rotatable bonds is 5. The summed E-state index contributed by atoms with van der Waals surface area (Å²) >= 11 is 0. The van der Waals surface area contributed by atoms with Gasteiger partial charge in [0, 0.05) is 18.0 Å². The van der Waals surface area contributed by atoms with E-state index in [2.05, 4.69) is 23.9 Å². The molecule has 0 atom stereocenters. The Hall–Kier alpha value is -2.04. The maximum Gasteiger partial charge on any atom is 0.153 e. The maximum absolute atomic E-state index is 13.2. The molecule has 0 radical (unpaired) electrons. The van der Waals surface area contributed by atoms with Crippen LogP contribution in [0.15, 0.2) is 24.7 Å². The van der Waals surface area contributed by atoms with Crippen LogP contribution in [0.3, 0.4) is 0 Å². The minimum Gasteiger partial charge on any atom is -0.298 e. The zero-order valence-electron chi connectivity index (χ0n) is 11.0. The zero-order chi connectivity index (χ0) is 13.8. The number of hydrogen-bond acceptors (Lipinski definition) is 3. The summed E-state index contributed by atoms with van der Waals surface area (Å²) < 4.78 is 15.0. The van der Waals surface area contributed by atoms with Gasteiger partial charge in [-0.25, -0.2) is 4.39 Å². The molecule has 0 saturated carbocycles. The molecule has 0 aliphatic carbocycles. The molecule has 5 heteroatoms. The zero-order valence-corrected chi connectivity index (χ0v) is 11.0. The Morgan fingerprint density at radius 3 is 2.68 bits per heavy atom. The fourth-order valence-electron chi connectivity index (χ4n) is 2.11. The molecule has 0 saturated heterocycles. The molecule has 0 unspecified atom stereocenters. The summed E-state index contributed by atoms with van der Waals surface area (Å²) in [5.41, 5.74) is 1.46. The number of carbonyl (C=O) groups is 1. The standard InChI is InChI=1S/C14H16FN3O/c1-3-13(4-2)18-8-11(9-19)14(17-18)10-5-12(15)7-16-6-10/h5-9,13H,3-4H2,1-2H3. The summed E-state index contributed by atoms with van der Waals surface area (Å²) in [4.78, 5) is 14.9. The van der Waals surface area contributed by atoms with Crippen molar-refractivity contribution in [3.05, 3.63) is 36.0 Å². The van der Waals surface area contributed by atoms with Crippen molar-refractivity contribution in [2.45, 2.75) is 32.7 Å². The second-order valence-corrected chi connectivity index (χ2v) is 4.39. The van der Waals surface area contributed by atoms with Crippen molar-refractivity contribution in [1.82, 2.24) is 14.8 Å². The van der Waals surface area contributed by atoms with Crippen molar-refractivity contribution in [2.75, 3.05) is 0 Å². The lowest BCUT2D eigenvalue weighted by atomic mass is 10.1. The van der Waals surface area contributed by atoms with Crippen molar-refractivity contribution >= 4 is 6.29 Å². The first-order valence-corrected chi connectivity index (χ1v) is 6.34. The number of aromatic nitrogens is 3. The van der Waals surface area contributed by atoms with Crippen LogP contribution < -0.4 is 0 Å². The second-order valence-electron chi connectivity index (χ2n) is 4.39. The van der Waals surface area contributed by atoms with Crippen LogP contribution in [-0.2, 0) is 0 Å². The lowest BCUT2D eigenvalue weighted by Crippen LogP contribution is -2.07. The smallest absolute Gasteiger partial charge is 0.153 e. The first-order chi connectivity index (χ1) is 9.19. The topological polar surface area (TPSA) is 47.8 Å². The molecular weight excluding hydrogens is 245 g/mol. The molecule has 4 nitrogen and oxygen atoms in total. The van der Waals surface area contributed by atoms with E-state index in [1.54, 1.807) is 10.9 Å². The fraction of sp³-hybridized carbons (Fsp3) is 0.357. The van der Waals surface area contributed by atoms with Gasteiger partial charge in [-0.15, -0.1) is 0 Å². The molecule has 0 spiro atoms. The Balaban J connectivity index is 2.48. The molecule has 0 aliphatic rings. The SMILES string of the molecule is CCC(CC)n1cc(C=O)c(-c2cncc(F)c2)n1. The molecule has 19 heavy (non-hydrogen) atoms. The van der Waals surface area contributed by atoms with E-state index in [-0.39, 0.29) is 6.04 Å². The van der Waals surface area contributed by atoms with Crippen LogP contribution in [0.5, 0.6) is 0 Å². The molecule has 0 N–H and O–H groups in total. The molecule has 2 aromatic heterocycles. The van der Waals surface area contributed by atoms with Crippen molar-refractivity contribution in [2.24, 2.45) is 0 Å². The predicted molar refractivity (Wildman–Crippen MR) is 70.4 cm³/mol. The average molecular weight is 261 g/mol. The molecule has 0 fully saturated rings. The molecule has 100 valence electrons. The summed E-state index contributed by atoms with van der Waals surface area (Å²) in [5, 5.41) is 4.41. The van der Waals surface area contributed by atoms with Gasteiger partial charge in [0.05, 0.1) is 17.8 Å². The van der Waals surface area contributed by atoms with E-state index in [1.807, 2.05) is 0 Å². The Kier molecular flexibility index (Phi) is 4.04. The highest BCUT2D eigenvalue weighted by Crippen LogP contribution is 2.24. The van der Waals surface area contributed by atoms with E-state index in [0.717, 1.165) is 25.3 Å². The van der Waals surface area contributed by atoms with Crippen molar-refractivity contribution in [1.29, 1.82) is 0 Å². The van der Waals surface area contributed by atoms with Crippen LogP contribution in [0.25, 0.3) is 11.3 Å². The Bertz CT molecular complexity index is 576. The van der Waals surface area contributed by atoms with Crippen LogP contribution in [0.2, 0.25) is 0 Å². The van der Waals surface area contributed by atoms with Crippen LogP contribution >= 0.6 is 0 Å². The van der Waals surface area contributed by atoms with E-state index in [9.17, 15) is 9.18 Å². The van der Waals surface area contributed by atoms with E-state index >= 15 is 0 Å². The first kappa shape index (κ1) is 13.4. The van der Waals surface area contributed by atoms with Crippen molar-refractivity contribution in [3.8, 4) is 11.3 Å². The minimum atomic E-state index is -0.438. The third-order valence-corrected chi connectivity index (χ3v) is 3.18. The van der Waals surface area contributed by atoms with Crippen LogP contribution in [0, 0.1) is 5.82 Å². The van der Waals surface area contributed by atoms with Gasteiger partial charge in [-0.1, -0.05) is 13.8 Å². The summed E-state index contributed by atoms with van der Waals surface area (Å²) in [7, 11) is 0. The lowest BCUT2D eigenvalue weighted by molar-refractivity contribution is 0.112. The summed E-state index contributed by atoms with van der Waals surface area (Å²) in [6.45, 7) is 4.14. The quantitative estimate of drug-likeness (QED) is 0.776. The van der Waals surface area contributed by atoms with Crippen LogP contribution in [-0.4, -0.2) is 21.1 Å². The normalized spacial score (nSPS) is 10.9. The van der Waals surface area contributed by atoms with Gasteiger partial charge in [-0.3, -0.25) is 14.5 Å². The van der Waals surface area contributed by atoms with Crippen LogP contribution in [0.4, 0.5) is 4.39 Å². The predicted octanol–water partition coefficient (Wildman–Crippen LogP) is 3.26. The van der Waals surface area contributed by atoms with Crippen molar-refractivity contribution in [3.63, 3.8) is 0 Å². The number of nitrogens with zero attached hydrogens (tertiary/aromatic N) is 3. The van der Waals surface area contributed by atoms with Gasteiger partial charge in [-0.2, -0.15) is 5.10 Å². The molecule has 0 aliphatic heterocycles. The van der Waals surface area contributed by atoms with Gasteiger partial charge < -0.3 is 0 Å². The molecule has 0 bridgehead atoms. The van der Waals surface area contributed by atoms with Gasteiger partial charge >= 0.3 is 0 Å². The summed E-state index contributed by atoms with van der Waals surface area (Å²) in [6, 6.07) is 1.58. The van der Waals surface area contributed by atoms with Gasteiger partial charge in [0.2, 0.25) is 0 Å². The lowest BCUT2D eigenvalue weighted by Gasteiger charge is -2.12. The Morgan fingerprint density at radius 1 is 1.37 bits per heavy atom. The van der Waals surface area contributed by atoms with E-state index < -0.39 is 5.82 Å². The van der Waals surface area contributed by atoms with E-state index in [1.165, 1.54) is 12.3 Å². The molecular formula is C14H16FN3O.